The molecule has 2 N–H and O–H groups in total. The van der Waals surface area contributed by atoms with E-state index in [1.807, 2.05) is 0 Å². The minimum Gasteiger partial charge on any atom is -0.460 e. The predicted octanol–water partition coefficient (Wildman–Crippen LogP) is -0.804. The van der Waals surface area contributed by atoms with E-state index < -0.39 is 21.9 Å². The quantitative estimate of drug-likeness (QED) is 0.712. The number of esters is 1. The van der Waals surface area contributed by atoms with Gasteiger partial charge in [0, 0.05) is 6.20 Å². The molecule has 1 atom stereocenters. The van der Waals surface area contributed by atoms with E-state index in [0.717, 1.165) is 0 Å². The number of rotatable bonds is 3. The minimum atomic E-state index is -3.03. The Balaban J connectivity index is 1.86. The van der Waals surface area contributed by atoms with Crippen LogP contribution in [0.3, 0.4) is 0 Å². The van der Waals surface area contributed by atoms with E-state index in [0.29, 0.717) is 12.1 Å². The molecule has 1 aromatic heterocycles. The first-order chi connectivity index (χ1) is 7.94. The molecule has 0 saturated carbocycles. The molecule has 1 aliphatic rings. The molecular weight excluding hydrogens is 246 g/mol. The SMILES string of the molecule is Nc1cnn(CC(=O)OC2CCS(=O)(=O)C2)c1. The third kappa shape index (κ3) is 3.19. The highest BCUT2D eigenvalue weighted by molar-refractivity contribution is 7.91. The molecule has 0 aromatic carbocycles. The molecule has 2 heterocycles. The van der Waals surface area contributed by atoms with Crippen LogP contribution in [0.2, 0.25) is 0 Å². The van der Waals surface area contributed by atoms with E-state index in [1.165, 1.54) is 17.1 Å². The number of sulfone groups is 1. The van der Waals surface area contributed by atoms with Gasteiger partial charge in [-0.3, -0.25) is 9.48 Å². The second-order valence-corrected chi connectivity index (χ2v) is 6.21. The molecule has 1 aromatic rings. The summed E-state index contributed by atoms with van der Waals surface area (Å²) in [5.74, 6) is -0.505. The molecule has 0 spiro atoms. The van der Waals surface area contributed by atoms with Crippen LogP contribution in [0.15, 0.2) is 12.4 Å². The van der Waals surface area contributed by atoms with Gasteiger partial charge in [0.1, 0.15) is 12.6 Å². The van der Waals surface area contributed by atoms with Gasteiger partial charge in [0.15, 0.2) is 9.84 Å². The van der Waals surface area contributed by atoms with Gasteiger partial charge >= 0.3 is 5.97 Å². The van der Waals surface area contributed by atoms with E-state index in [9.17, 15) is 13.2 Å². The summed E-state index contributed by atoms with van der Waals surface area (Å²) in [4.78, 5) is 11.5. The maximum absolute atomic E-state index is 11.5. The van der Waals surface area contributed by atoms with Crippen LogP contribution in [-0.4, -0.2) is 41.8 Å². The van der Waals surface area contributed by atoms with Crippen LogP contribution in [0.4, 0.5) is 5.69 Å². The molecule has 0 amide bonds. The number of carbonyl (C=O) groups is 1. The zero-order valence-electron chi connectivity index (χ0n) is 9.07. The smallest absolute Gasteiger partial charge is 0.328 e. The van der Waals surface area contributed by atoms with E-state index in [1.54, 1.807) is 0 Å². The molecule has 0 radical (unpaired) electrons. The Morgan fingerprint density at radius 2 is 2.41 bits per heavy atom. The summed E-state index contributed by atoms with van der Waals surface area (Å²) in [6.45, 7) is -0.0618. The molecular formula is C9H13N3O4S. The van der Waals surface area contributed by atoms with Crippen molar-refractivity contribution in [1.29, 1.82) is 0 Å². The van der Waals surface area contributed by atoms with Crippen molar-refractivity contribution in [3.8, 4) is 0 Å². The Morgan fingerprint density at radius 3 is 2.94 bits per heavy atom. The van der Waals surface area contributed by atoms with Crippen molar-refractivity contribution in [2.75, 3.05) is 17.2 Å². The molecule has 7 nitrogen and oxygen atoms in total. The van der Waals surface area contributed by atoms with Crippen LogP contribution in [0.1, 0.15) is 6.42 Å². The van der Waals surface area contributed by atoms with Gasteiger partial charge in [-0.05, 0) is 6.42 Å². The molecule has 1 fully saturated rings. The lowest BCUT2D eigenvalue weighted by molar-refractivity contribution is -0.148. The highest BCUT2D eigenvalue weighted by Gasteiger charge is 2.30. The van der Waals surface area contributed by atoms with Gasteiger partial charge in [0.2, 0.25) is 0 Å². The number of aromatic nitrogens is 2. The van der Waals surface area contributed by atoms with Crippen molar-refractivity contribution >= 4 is 21.5 Å². The monoisotopic (exact) mass is 259 g/mol. The maximum Gasteiger partial charge on any atom is 0.328 e. The third-order valence-electron chi connectivity index (χ3n) is 2.43. The highest BCUT2D eigenvalue weighted by atomic mass is 32.2. The Morgan fingerprint density at radius 1 is 1.65 bits per heavy atom. The van der Waals surface area contributed by atoms with Crippen molar-refractivity contribution in [3.05, 3.63) is 12.4 Å². The van der Waals surface area contributed by atoms with Gasteiger partial charge in [-0.1, -0.05) is 0 Å². The van der Waals surface area contributed by atoms with E-state index in [2.05, 4.69) is 5.10 Å². The Kier molecular flexibility index (Phi) is 3.05. The molecule has 17 heavy (non-hydrogen) atoms. The lowest BCUT2D eigenvalue weighted by Crippen LogP contribution is -2.22. The number of hydrogen-bond donors (Lipinski definition) is 1. The summed E-state index contributed by atoms with van der Waals surface area (Å²) in [6, 6.07) is 0. The van der Waals surface area contributed by atoms with Crippen molar-refractivity contribution in [3.63, 3.8) is 0 Å². The number of hydrogen-bond acceptors (Lipinski definition) is 6. The maximum atomic E-state index is 11.5. The summed E-state index contributed by atoms with van der Waals surface area (Å²) in [5.41, 5.74) is 5.90. The van der Waals surface area contributed by atoms with Crippen LogP contribution in [0.25, 0.3) is 0 Å². The summed E-state index contributed by atoms with van der Waals surface area (Å²) in [7, 11) is -3.03. The molecule has 1 saturated heterocycles. The first-order valence-electron chi connectivity index (χ1n) is 5.12. The number of carbonyl (C=O) groups excluding carboxylic acids is 1. The minimum absolute atomic E-state index is 0.0618. The standard InChI is InChI=1S/C9H13N3O4S/c10-7-3-11-12(4-7)5-9(13)16-8-1-2-17(14,15)6-8/h3-4,8H,1-2,5-6,10H2. The molecule has 0 bridgehead atoms. The molecule has 2 rings (SSSR count). The van der Waals surface area contributed by atoms with E-state index in [4.69, 9.17) is 10.5 Å². The summed E-state index contributed by atoms with van der Waals surface area (Å²) in [6.07, 6.45) is 2.77. The third-order valence-corrected chi connectivity index (χ3v) is 4.17. The van der Waals surface area contributed by atoms with Crippen LogP contribution < -0.4 is 5.73 Å². The normalized spacial score (nSPS) is 22.5. The topological polar surface area (TPSA) is 104 Å². The largest absolute Gasteiger partial charge is 0.460 e. The van der Waals surface area contributed by atoms with Crippen molar-refractivity contribution in [2.24, 2.45) is 0 Å². The van der Waals surface area contributed by atoms with Gasteiger partial charge in [-0.2, -0.15) is 5.10 Å². The molecule has 8 heteroatoms. The Labute approximate surface area is 98.5 Å². The molecule has 94 valence electrons. The number of nitrogen functional groups attached to an aromatic ring is 1. The first kappa shape index (κ1) is 11.9. The fraction of sp³-hybridized carbons (Fsp3) is 0.556. The van der Waals surface area contributed by atoms with Crippen LogP contribution in [-0.2, 0) is 25.9 Å². The number of nitrogens with two attached hydrogens (primary N) is 1. The highest BCUT2D eigenvalue weighted by Crippen LogP contribution is 2.15. The summed E-state index contributed by atoms with van der Waals surface area (Å²) >= 11 is 0. The van der Waals surface area contributed by atoms with Crippen molar-refractivity contribution < 1.29 is 17.9 Å². The van der Waals surface area contributed by atoms with E-state index >= 15 is 0 Å². The molecule has 1 aliphatic heterocycles. The van der Waals surface area contributed by atoms with Gasteiger partial charge in [0.05, 0.1) is 23.4 Å². The fourth-order valence-electron chi connectivity index (χ4n) is 1.68. The van der Waals surface area contributed by atoms with Gasteiger partial charge in [0.25, 0.3) is 0 Å². The zero-order valence-corrected chi connectivity index (χ0v) is 9.89. The first-order valence-corrected chi connectivity index (χ1v) is 6.94. The number of ether oxygens (including phenoxy) is 1. The lowest BCUT2D eigenvalue weighted by atomic mass is 10.3. The van der Waals surface area contributed by atoms with E-state index in [-0.39, 0.29) is 18.1 Å². The fourth-order valence-corrected chi connectivity index (χ4v) is 3.27. The van der Waals surface area contributed by atoms with Crippen LogP contribution in [0, 0.1) is 0 Å². The second kappa shape index (κ2) is 4.36. The van der Waals surface area contributed by atoms with Gasteiger partial charge < -0.3 is 10.5 Å². The summed E-state index contributed by atoms with van der Waals surface area (Å²) in [5, 5.41) is 3.83. The van der Waals surface area contributed by atoms with Crippen LogP contribution in [0.5, 0.6) is 0 Å². The molecule has 0 aliphatic carbocycles. The Bertz CT molecular complexity index is 522. The average molecular weight is 259 g/mol. The lowest BCUT2D eigenvalue weighted by Gasteiger charge is -2.09. The average Bonchev–Trinajstić information content (AvgIpc) is 2.73. The van der Waals surface area contributed by atoms with Gasteiger partial charge in [-0.25, -0.2) is 8.42 Å². The van der Waals surface area contributed by atoms with Crippen molar-refractivity contribution in [1.82, 2.24) is 9.78 Å². The van der Waals surface area contributed by atoms with Gasteiger partial charge in [-0.15, -0.1) is 0 Å². The zero-order chi connectivity index (χ0) is 12.5. The molecule has 1 unspecified atom stereocenters. The second-order valence-electron chi connectivity index (χ2n) is 3.99. The number of nitrogens with zero attached hydrogens (tertiary/aromatic N) is 2. The summed E-state index contributed by atoms with van der Waals surface area (Å²) < 4.78 is 28.7. The Hall–Kier alpha value is -1.57. The van der Waals surface area contributed by atoms with Crippen molar-refractivity contribution in [2.45, 2.75) is 19.1 Å². The van der Waals surface area contributed by atoms with Crippen LogP contribution >= 0.6 is 0 Å². The predicted molar refractivity (Wildman–Crippen MR) is 59.8 cm³/mol. The number of anilines is 1.